The predicted molar refractivity (Wildman–Crippen MR) is 75.6 cm³/mol. The zero-order valence-electron chi connectivity index (χ0n) is 10.8. The molecule has 20 heavy (non-hydrogen) atoms. The molecule has 0 saturated carbocycles. The predicted octanol–water partition coefficient (Wildman–Crippen LogP) is 0.959. The number of pyridine rings is 1. The maximum atomic E-state index is 12.1. The van der Waals surface area contributed by atoms with Crippen LogP contribution in [0.3, 0.4) is 0 Å². The molecular formula is C12H14N4O3S. The van der Waals surface area contributed by atoms with Gasteiger partial charge in [-0.3, -0.25) is 4.79 Å². The topological polar surface area (TPSA) is 79.6 Å². The first-order valence-electron chi connectivity index (χ1n) is 6.37. The SMILES string of the molecule is O=C(C1CN(c2ccc([N+](=O)[O-])nc2)C1)N1CCSC1. The Morgan fingerprint density at radius 1 is 1.45 bits per heavy atom. The van der Waals surface area contributed by atoms with Crippen molar-refractivity contribution in [3.8, 4) is 0 Å². The summed E-state index contributed by atoms with van der Waals surface area (Å²) in [6.45, 7) is 2.18. The van der Waals surface area contributed by atoms with Gasteiger partial charge in [0, 0.05) is 31.5 Å². The second kappa shape index (κ2) is 5.28. The summed E-state index contributed by atoms with van der Waals surface area (Å²) < 4.78 is 0. The summed E-state index contributed by atoms with van der Waals surface area (Å²) in [7, 11) is 0. The highest BCUT2D eigenvalue weighted by atomic mass is 32.2. The van der Waals surface area contributed by atoms with Crippen LogP contribution in [0.1, 0.15) is 0 Å². The summed E-state index contributed by atoms with van der Waals surface area (Å²) in [6, 6.07) is 3.07. The molecule has 0 unspecified atom stereocenters. The van der Waals surface area contributed by atoms with E-state index in [1.54, 1.807) is 17.8 Å². The largest absolute Gasteiger partial charge is 0.367 e. The van der Waals surface area contributed by atoms with Crippen LogP contribution in [0, 0.1) is 16.0 Å². The van der Waals surface area contributed by atoms with Crippen LogP contribution in [0.4, 0.5) is 11.5 Å². The normalized spacial score (nSPS) is 19.0. The number of nitro groups is 1. The molecule has 8 heteroatoms. The number of amides is 1. The molecule has 2 aliphatic rings. The van der Waals surface area contributed by atoms with Crippen LogP contribution in [0.15, 0.2) is 18.3 Å². The third-order valence-corrected chi connectivity index (χ3v) is 4.55. The first-order valence-corrected chi connectivity index (χ1v) is 7.52. The maximum absolute atomic E-state index is 12.1. The summed E-state index contributed by atoms with van der Waals surface area (Å²) >= 11 is 1.78. The summed E-state index contributed by atoms with van der Waals surface area (Å²) in [4.78, 5) is 29.9. The van der Waals surface area contributed by atoms with Crippen molar-refractivity contribution < 1.29 is 9.72 Å². The van der Waals surface area contributed by atoms with E-state index in [4.69, 9.17) is 0 Å². The molecule has 7 nitrogen and oxygen atoms in total. The molecule has 0 N–H and O–H groups in total. The lowest BCUT2D eigenvalue weighted by molar-refractivity contribution is -0.389. The van der Waals surface area contributed by atoms with E-state index in [0.717, 1.165) is 23.9 Å². The Hall–Kier alpha value is -1.83. The minimum absolute atomic E-state index is 0.0453. The number of anilines is 1. The number of hydrogen-bond acceptors (Lipinski definition) is 6. The van der Waals surface area contributed by atoms with E-state index in [1.165, 1.54) is 12.3 Å². The molecule has 1 amide bonds. The van der Waals surface area contributed by atoms with Gasteiger partial charge >= 0.3 is 5.82 Å². The fourth-order valence-electron chi connectivity index (χ4n) is 2.36. The molecular weight excluding hydrogens is 280 g/mol. The molecule has 2 aliphatic heterocycles. The first-order chi connectivity index (χ1) is 9.65. The molecule has 0 bridgehead atoms. The van der Waals surface area contributed by atoms with E-state index >= 15 is 0 Å². The lowest BCUT2D eigenvalue weighted by atomic mass is 9.98. The van der Waals surface area contributed by atoms with Gasteiger partial charge in [-0.05, 0) is 16.0 Å². The summed E-state index contributed by atoms with van der Waals surface area (Å²) in [6.07, 6.45) is 1.49. The lowest BCUT2D eigenvalue weighted by Gasteiger charge is -2.40. The van der Waals surface area contributed by atoms with Gasteiger partial charge in [0.2, 0.25) is 5.91 Å². The molecule has 3 rings (SSSR count). The quantitative estimate of drug-likeness (QED) is 0.610. The average Bonchev–Trinajstić information content (AvgIpc) is 2.91. The fraction of sp³-hybridized carbons (Fsp3) is 0.500. The van der Waals surface area contributed by atoms with Gasteiger partial charge in [-0.15, -0.1) is 11.8 Å². The van der Waals surface area contributed by atoms with E-state index < -0.39 is 4.92 Å². The van der Waals surface area contributed by atoms with Crippen molar-refractivity contribution in [1.82, 2.24) is 9.88 Å². The maximum Gasteiger partial charge on any atom is 0.363 e. The average molecular weight is 294 g/mol. The zero-order valence-corrected chi connectivity index (χ0v) is 11.6. The van der Waals surface area contributed by atoms with Crippen molar-refractivity contribution in [3.63, 3.8) is 0 Å². The molecule has 0 atom stereocenters. The molecule has 1 aromatic rings. The molecule has 0 spiro atoms. The van der Waals surface area contributed by atoms with Gasteiger partial charge in [-0.2, -0.15) is 0 Å². The number of carbonyl (C=O) groups is 1. The zero-order chi connectivity index (χ0) is 14.1. The first kappa shape index (κ1) is 13.2. The highest BCUT2D eigenvalue weighted by molar-refractivity contribution is 7.99. The Morgan fingerprint density at radius 3 is 2.80 bits per heavy atom. The van der Waals surface area contributed by atoms with Crippen molar-refractivity contribution >= 4 is 29.2 Å². The molecule has 1 aromatic heterocycles. The van der Waals surface area contributed by atoms with Crippen LogP contribution in [-0.4, -0.2) is 52.0 Å². The smallest absolute Gasteiger partial charge is 0.363 e. The van der Waals surface area contributed by atoms with Gasteiger partial charge in [0.15, 0.2) is 6.20 Å². The second-order valence-electron chi connectivity index (χ2n) is 4.87. The number of rotatable bonds is 3. The van der Waals surface area contributed by atoms with Crippen molar-refractivity contribution in [2.75, 3.05) is 36.2 Å². The summed E-state index contributed by atoms with van der Waals surface area (Å²) in [5.41, 5.74) is 0.829. The van der Waals surface area contributed by atoms with Gasteiger partial charge in [-0.1, -0.05) is 0 Å². The molecule has 106 valence electrons. The van der Waals surface area contributed by atoms with Gasteiger partial charge in [0.1, 0.15) is 0 Å². The standard InChI is InChI=1S/C12H14N4O3S/c17-12(14-3-4-20-8-14)9-6-15(7-9)10-1-2-11(13-5-10)16(18)19/h1-2,5,9H,3-4,6-8H2. The Morgan fingerprint density at radius 2 is 2.25 bits per heavy atom. The number of nitrogens with zero attached hydrogens (tertiary/aromatic N) is 4. The van der Waals surface area contributed by atoms with Crippen LogP contribution in [0.2, 0.25) is 0 Å². The third kappa shape index (κ3) is 2.43. The van der Waals surface area contributed by atoms with Crippen molar-refractivity contribution in [3.05, 3.63) is 28.4 Å². The summed E-state index contributed by atoms with van der Waals surface area (Å²) in [5, 5.41) is 10.5. The molecule has 0 radical (unpaired) electrons. The van der Waals surface area contributed by atoms with E-state index in [2.05, 4.69) is 4.98 Å². The van der Waals surface area contributed by atoms with E-state index in [-0.39, 0.29) is 17.6 Å². The van der Waals surface area contributed by atoms with Crippen LogP contribution >= 0.6 is 11.8 Å². The molecule has 0 aliphatic carbocycles. The van der Waals surface area contributed by atoms with Gasteiger partial charge < -0.3 is 19.9 Å². The number of carbonyl (C=O) groups excluding carboxylic acids is 1. The van der Waals surface area contributed by atoms with Crippen LogP contribution in [0.5, 0.6) is 0 Å². The number of hydrogen-bond donors (Lipinski definition) is 0. The van der Waals surface area contributed by atoms with Crippen molar-refractivity contribution in [2.45, 2.75) is 0 Å². The van der Waals surface area contributed by atoms with Crippen LogP contribution in [-0.2, 0) is 4.79 Å². The van der Waals surface area contributed by atoms with E-state index in [9.17, 15) is 14.9 Å². The minimum Gasteiger partial charge on any atom is -0.367 e. The van der Waals surface area contributed by atoms with Crippen LogP contribution in [0.25, 0.3) is 0 Å². The monoisotopic (exact) mass is 294 g/mol. The van der Waals surface area contributed by atoms with Crippen molar-refractivity contribution in [2.24, 2.45) is 5.92 Å². The fourth-order valence-corrected chi connectivity index (χ4v) is 3.32. The Kier molecular flexibility index (Phi) is 3.47. The van der Waals surface area contributed by atoms with E-state index in [0.29, 0.717) is 13.1 Å². The van der Waals surface area contributed by atoms with Crippen molar-refractivity contribution in [1.29, 1.82) is 0 Å². The molecule has 2 fully saturated rings. The molecule has 2 saturated heterocycles. The Labute approximate surface area is 120 Å². The highest BCUT2D eigenvalue weighted by Gasteiger charge is 2.36. The number of thioether (sulfide) groups is 1. The van der Waals surface area contributed by atoms with Crippen LogP contribution < -0.4 is 4.90 Å². The highest BCUT2D eigenvalue weighted by Crippen LogP contribution is 2.27. The van der Waals surface area contributed by atoms with Gasteiger partial charge in [0.25, 0.3) is 0 Å². The third-order valence-electron chi connectivity index (χ3n) is 3.58. The Balaban J connectivity index is 1.57. The number of aromatic nitrogens is 1. The Bertz CT molecular complexity index is 524. The van der Waals surface area contributed by atoms with E-state index in [1.807, 2.05) is 9.80 Å². The molecule has 3 heterocycles. The minimum atomic E-state index is -0.517. The van der Waals surface area contributed by atoms with Gasteiger partial charge in [-0.25, -0.2) is 0 Å². The van der Waals surface area contributed by atoms with Gasteiger partial charge in [0.05, 0.1) is 17.5 Å². The lowest BCUT2D eigenvalue weighted by Crippen LogP contribution is -2.54. The summed E-state index contributed by atoms with van der Waals surface area (Å²) in [5.74, 6) is 1.93. The molecule has 0 aromatic carbocycles. The second-order valence-corrected chi connectivity index (χ2v) is 5.95.